The number of aromatic nitrogens is 1. The Balaban J connectivity index is 1.20. The summed E-state index contributed by atoms with van der Waals surface area (Å²) >= 11 is 0. The average molecular weight is 470 g/mol. The van der Waals surface area contributed by atoms with Crippen molar-refractivity contribution in [1.29, 1.82) is 0 Å². The molecule has 0 spiro atoms. The van der Waals surface area contributed by atoms with E-state index in [1.807, 2.05) is 37.9 Å². The van der Waals surface area contributed by atoms with Gasteiger partial charge >= 0.3 is 6.09 Å². The molecule has 0 saturated carbocycles. The van der Waals surface area contributed by atoms with Gasteiger partial charge in [0.05, 0.1) is 6.61 Å². The predicted octanol–water partition coefficient (Wildman–Crippen LogP) is 4.91. The lowest BCUT2D eigenvalue weighted by atomic mass is 9.86. The Labute approximate surface area is 203 Å². The first-order valence-corrected chi connectivity index (χ1v) is 12.8. The Hall–Kier alpha value is -2.57. The maximum Gasteiger partial charge on any atom is 0.410 e. The standard InChI is InChI=1S/C27H39N3O4/c1-27(2,3)34-26(32)30-16-12-20(13-17-30)19-33-24-11-10-23(18-28-24)21-6-8-22(9-7-21)25(31)29-14-4-5-15-29/h6,10-11,18,20,22H,4-5,7-9,12-17,19H2,1-3H3. The summed E-state index contributed by atoms with van der Waals surface area (Å²) in [4.78, 5) is 33.2. The molecule has 2 saturated heterocycles. The van der Waals surface area contributed by atoms with Gasteiger partial charge in [0.2, 0.25) is 11.8 Å². The Kier molecular flexibility index (Phi) is 7.79. The molecule has 7 heteroatoms. The van der Waals surface area contributed by atoms with E-state index in [2.05, 4.69) is 17.1 Å². The number of amides is 2. The minimum atomic E-state index is -0.463. The lowest BCUT2D eigenvalue weighted by Gasteiger charge is -2.33. The third-order valence-corrected chi connectivity index (χ3v) is 7.02. The van der Waals surface area contributed by atoms with E-state index in [1.54, 1.807) is 4.90 Å². The van der Waals surface area contributed by atoms with Crippen LogP contribution in [0, 0.1) is 11.8 Å². The molecular formula is C27H39N3O4. The summed E-state index contributed by atoms with van der Waals surface area (Å²) in [6.45, 7) is 9.54. The zero-order valence-corrected chi connectivity index (χ0v) is 20.9. The number of pyridine rings is 1. The molecule has 1 atom stereocenters. The Morgan fingerprint density at radius 1 is 1.03 bits per heavy atom. The maximum absolute atomic E-state index is 12.6. The van der Waals surface area contributed by atoms with E-state index in [9.17, 15) is 9.59 Å². The summed E-state index contributed by atoms with van der Waals surface area (Å²) in [6, 6.07) is 4.01. The number of allylic oxidation sites excluding steroid dienone is 2. The number of nitrogens with zero attached hydrogens (tertiary/aromatic N) is 3. The third kappa shape index (κ3) is 6.51. The zero-order valence-electron chi connectivity index (χ0n) is 20.9. The molecule has 4 rings (SSSR count). The Morgan fingerprint density at radius 3 is 2.35 bits per heavy atom. The number of likely N-dealkylation sites (tertiary alicyclic amines) is 2. The maximum atomic E-state index is 12.6. The minimum absolute atomic E-state index is 0.138. The highest BCUT2D eigenvalue weighted by atomic mass is 16.6. The van der Waals surface area contributed by atoms with Crippen LogP contribution in [0.15, 0.2) is 24.4 Å². The summed E-state index contributed by atoms with van der Waals surface area (Å²) in [5.41, 5.74) is 1.93. The molecule has 1 aromatic rings. The lowest BCUT2D eigenvalue weighted by molar-refractivity contribution is -0.134. The van der Waals surface area contributed by atoms with Crippen molar-refractivity contribution in [2.75, 3.05) is 32.8 Å². The molecule has 2 fully saturated rings. The molecule has 0 bridgehead atoms. The van der Waals surface area contributed by atoms with Gasteiger partial charge in [0.25, 0.3) is 0 Å². The molecule has 1 unspecified atom stereocenters. The van der Waals surface area contributed by atoms with Crippen LogP contribution in [-0.2, 0) is 9.53 Å². The van der Waals surface area contributed by atoms with Gasteiger partial charge in [-0.05, 0) is 88.8 Å². The van der Waals surface area contributed by atoms with Gasteiger partial charge in [0.15, 0.2) is 0 Å². The minimum Gasteiger partial charge on any atom is -0.477 e. The fourth-order valence-corrected chi connectivity index (χ4v) is 4.98. The van der Waals surface area contributed by atoms with Crippen molar-refractivity contribution in [2.24, 2.45) is 11.8 Å². The van der Waals surface area contributed by atoms with E-state index in [0.29, 0.717) is 37.4 Å². The first-order chi connectivity index (χ1) is 16.3. The molecule has 7 nitrogen and oxygen atoms in total. The second-order valence-electron chi connectivity index (χ2n) is 10.8. The summed E-state index contributed by atoms with van der Waals surface area (Å²) in [5.74, 6) is 1.52. The van der Waals surface area contributed by atoms with E-state index in [4.69, 9.17) is 9.47 Å². The molecule has 0 N–H and O–H groups in total. The molecule has 2 amide bonds. The van der Waals surface area contributed by atoms with Crippen LogP contribution in [0.2, 0.25) is 0 Å². The molecule has 186 valence electrons. The molecule has 3 heterocycles. The van der Waals surface area contributed by atoms with Gasteiger partial charge in [-0.25, -0.2) is 9.78 Å². The van der Waals surface area contributed by atoms with Crippen LogP contribution >= 0.6 is 0 Å². The largest absolute Gasteiger partial charge is 0.477 e. The number of ether oxygens (including phenoxy) is 2. The van der Waals surface area contributed by atoms with E-state index >= 15 is 0 Å². The van der Waals surface area contributed by atoms with Gasteiger partial charge < -0.3 is 19.3 Å². The molecular weight excluding hydrogens is 430 g/mol. The molecule has 1 aromatic heterocycles. The van der Waals surface area contributed by atoms with Crippen molar-refractivity contribution < 1.29 is 19.1 Å². The average Bonchev–Trinajstić information content (AvgIpc) is 3.37. The Morgan fingerprint density at radius 2 is 1.76 bits per heavy atom. The molecule has 0 radical (unpaired) electrons. The quantitative estimate of drug-likeness (QED) is 0.612. The van der Waals surface area contributed by atoms with E-state index in [1.165, 1.54) is 5.57 Å². The fourth-order valence-electron chi connectivity index (χ4n) is 4.98. The topological polar surface area (TPSA) is 72.0 Å². The summed E-state index contributed by atoms with van der Waals surface area (Å²) < 4.78 is 11.4. The highest BCUT2D eigenvalue weighted by Crippen LogP contribution is 2.32. The van der Waals surface area contributed by atoms with Gasteiger partial charge in [0, 0.05) is 44.4 Å². The number of carbonyl (C=O) groups excluding carboxylic acids is 2. The SMILES string of the molecule is CC(C)(C)OC(=O)N1CCC(COc2ccc(C3=CCC(C(=O)N4CCCC4)CC3)cn2)CC1. The molecule has 2 aliphatic heterocycles. The number of hydrogen-bond acceptors (Lipinski definition) is 5. The monoisotopic (exact) mass is 469 g/mol. The van der Waals surface area contributed by atoms with Gasteiger partial charge in [-0.3, -0.25) is 4.79 Å². The predicted molar refractivity (Wildman–Crippen MR) is 131 cm³/mol. The van der Waals surface area contributed by atoms with Crippen molar-refractivity contribution in [1.82, 2.24) is 14.8 Å². The van der Waals surface area contributed by atoms with E-state index < -0.39 is 5.60 Å². The van der Waals surface area contributed by atoms with Crippen LogP contribution < -0.4 is 4.74 Å². The van der Waals surface area contributed by atoms with Crippen LogP contribution in [0.4, 0.5) is 4.79 Å². The smallest absolute Gasteiger partial charge is 0.410 e. The van der Waals surface area contributed by atoms with Crippen LogP contribution in [0.3, 0.4) is 0 Å². The van der Waals surface area contributed by atoms with Gasteiger partial charge in [0.1, 0.15) is 5.60 Å². The molecule has 34 heavy (non-hydrogen) atoms. The van der Waals surface area contributed by atoms with Crippen molar-refractivity contribution >= 4 is 17.6 Å². The normalized spacial score (nSPS) is 21.9. The van der Waals surface area contributed by atoms with Crippen LogP contribution in [0.1, 0.15) is 71.3 Å². The van der Waals surface area contributed by atoms with Gasteiger partial charge in [-0.15, -0.1) is 0 Å². The lowest BCUT2D eigenvalue weighted by Crippen LogP contribution is -2.42. The number of hydrogen-bond donors (Lipinski definition) is 0. The number of piperidine rings is 1. The highest BCUT2D eigenvalue weighted by Gasteiger charge is 2.29. The third-order valence-electron chi connectivity index (χ3n) is 7.02. The summed E-state index contributed by atoms with van der Waals surface area (Å²) in [5, 5.41) is 0. The van der Waals surface area contributed by atoms with Crippen molar-refractivity contribution in [3.05, 3.63) is 30.0 Å². The van der Waals surface area contributed by atoms with Gasteiger partial charge in [-0.1, -0.05) is 6.08 Å². The fraction of sp³-hybridized carbons (Fsp3) is 0.667. The second-order valence-corrected chi connectivity index (χ2v) is 10.8. The molecule has 0 aromatic carbocycles. The summed E-state index contributed by atoms with van der Waals surface area (Å²) in [7, 11) is 0. The van der Waals surface area contributed by atoms with E-state index in [0.717, 1.165) is 63.6 Å². The number of carbonyl (C=O) groups is 2. The summed E-state index contributed by atoms with van der Waals surface area (Å²) in [6.07, 6.45) is 10.6. The van der Waals surface area contributed by atoms with E-state index in [-0.39, 0.29) is 12.0 Å². The van der Waals surface area contributed by atoms with Crippen LogP contribution in [0.5, 0.6) is 5.88 Å². The van der Waals surface area contributed by atoms with Crippen LogP contribution in [-0.4, -0.2) is 65.2 Å². The van der Waals surface area contributed by atoms with Gasteiger partial charge in [-0.2, -0.15) is 0 Å². The van der Waals surface area contributed by atoms with Crippen molar-refractivity contribution in [2.45, 2.75) is 71.3 Å². The number of rotatable bonds is 5. The second kappa shape index (κ2) is 10.8. The first kappa shape index (κ1) is 24.6. The molecule has 3 aliphatic rings. The van der Waals surface area contributed by atoms with Crippen molar-refractivity contribution in [3.63, 3.8) is 0 Å². The highest BCUT2D eigenvalue weighted by molar-refractivity contribution is 5.81. The van der Waals surface area contributed by atoms with Crippen molar-refractivity contribution in [3.8, 4) is 5.88 Å². The zero-order chi connectivity index (χ0) is 24.1. The Bertz CT molecular complexity index is 876. The first-order valence-electron chi connectivity index (χ1n) is 12.8. The molecule has 1 aliphatic carbocycles. The van der Waals surface area contributed by atoms with Crippen LogP contribution in [0.25, 0.3) is 5.57 Å².